The Bertz CT molecular complexity index is 1410. The summed E-state index contributed by atoms with van der Waals surface area (Å²) in [6, 6.07) is 18.7. The third-order valence-corrected chi connectivity index (χ3v) is 8.27. The zero-order valence-corrected chi connectivity index (χ0v) is 24.8. The van der Waals surface area contributed by atoms with Gasteiger partial charge in [-0.3, -0.25) is 13.9 Å². The molecule has 3 aromatic rings. The lowest BCUT2D eigenvalue weighted by molar-refractivity contribution is -0.139. The summed E-state index contributed by atoms with van der Waals surface area (Å²) in [6.07, 6.45) is 0.726. The van der Waals surface area contributed by atoms with Crippen LogP contribution >= 0.6 is 0 Å². The van der Waals surface area contributed by atoms with Gasteiger partial charge in [0.2, 0.25) is 11.8 Å². The molecule has 0 spiro atoms. The van der Waals surface area contributed by atoms with Gasteiger partial charge in [0.15, 0.2) is 0 Å². The minimum atomic E-state index is -4.25. The highest BCUT2D eigenvalue weighted by atomic mass is 32.2. The average Bonchev–Trinajstić information content (AvgIpc) is 3.01. The summed E-state index contributed by atoms with van der Waals surface area (Å²) >= 11 is 0. The van der Waals surface area contributed by atoms with Gasteiger partial charge in [0.1, 0.15) is 29.8 Å². The summed E-state index contributed by atoms with van der Waals surface area (Å²) in [4.78, 5) is 28.4. The summed E-state index contributed by atoms with van der Waals surface area (Å²) in [7, 11) is 0.178. The van der Waals surface area contributed by atoms with E-state index in [2.05, 4.69) is 5.32 Å². The molecule has 11 heteroatoms. The third-order valence-electron chi connectivity index (χ3n) is 6.49. The number of nitrogens with one attached hydrogen (secondary N) is 1. The van der Waals surface area contributed by atoms with Gasteiger partial charge in [0.05, 0.1) is 31.9 Å². The van der Waals surface area contributed by atoms with Crippen molar-refractivity contribution in [1.29, 1.82) is 0 Å². The fraction of sp³-hybridized carbons (Fsp3) is 0.333. The van der Waals surface area contributed by atoms with E-state index in [-0.39, 0.29) is 28.8 Å². The number of rotatable bonds is 14. The quantitative estimate of drug-likeness (QED) is 0.307. The molecular formula is C30H37N3O7S. The number of nitrogens with zero attached hydrogens (tertiary/aromatic N) is 2. The topological polar surface area (TPSA) is 114 Å². The number of amides is 2. The van der Waals surface area contributed by atoms with Crippen molar-refractivity contribution in [3.8, 4) is 17.2 Å². The van der Waals surface area contributed by atoms with Crippen molar-refractivity contribution in [2.75, 3.05) is 38.7 Å². The summed E-state index contributed by atoms with van der Waals surface area (Å²) in [5, 5.41) is 2.82. The Morgan fingerprint density at radius 1 is 0.878 bits per heavy atom. The molecule has 0 bridgehead atoms. The van der Waals surface area contributed by atoms with Gasteiger partial charge in [-0.05, 0) is 55.3 Å². The van der Waals surface area contributed by atoms with Crippen LogP contribution < -0.4 is 23.8 Å². The number of sulfonamides is 1. The molecule has 1 N–H and O–H groups in total. The monoisotopic (exact) mass is 583 g/mol. The number of carbonyl (C=O) groups excluding carboxylic acids is 2. The minimum absolute atomic E-state index is 0.00638. The van der Waals surface area contributed by atoms with Gasteiger partial charge >= 0.3 is 0 Å². The van der Waals surface area contributed by atoms with Crippen LogP contribution in [0.2, 0.25) is 0 Å². The van der Waals surface area contributed by atoms with E-state index in [1.165, 1.54) is 37.3 Å². The van der Waals surface area contributed by atoms with E-state index in [0.29, 0.717) is 18.0 Å². The van der Waals surface area contributed by atoms with E-state index in [1.807, 2.05) is 6.92 Å². The lowest BCUT2D eigenvalue weighted by Gasteiger charge is -2.32. The molecule has 41 heavy (non-hydrogen) atoms. The van der Waals surface area contributed by atoms with Crippen molar-refractivity contribution in [3.05, 3.63) is 78.4 Å². The molecular weight excluding hydrogens is 546 g/mol. The van der Waals surface area contributed by atoms with Crippen molar-refractivity contribution in [1.82, 2.24) is 10.2 Å². The number of hydrogen-bond acceptors (Lipinski definition) is 7. The standard InChI is InChI=1S/C30H37N3O7S/c1-6-18-31-30(35)22(2)32(20-23-12-14-24(38-3)15-13-23)29(34)21-33(41(36,37)26-10-8-7-9-11-26)27-19-25(39-4)16-17-28(27)40-5/h7-17,19,22H,6,18,20-21H2,1-5H3,(H,31,35)/t22-/m0/s1. The molecule has 0 aliphatic heterocycles. The Hall–Kier alpha value is -4.25. The molecule has 1 atom stereocenters. The predicted molar refractivity (Wildman–Crippen MR) is 157 cm³/mol. The van der Waals surface area contributed by atoms with Gasteiger partial charge in [-0.25, -0.2) is 8.42 Å². The first kappa shape index (κ1) is 31.3. The van der Waals surface area contributed by atoms with E-state index in [0.717, 1.165) is 16.3 Å². The van der Waals surface area contributed by atoms with E-state index in [4.69, 9.17) is 14.2 Å². The first-order chi connectivity index (χ1) is 19.7. The average molecular weight is 584 g/mol. The second-order valence-electron chi connectivity index (χ2n) is 9.20. The normalized spacial score (nSPS) is 11.7. The number of carbonyl (C=O) groups is 2. The predicted octanol–water partition coefficient (Wildman–Crippen LogP) is 3.85. The van der Waals surface area contributed by atoms with Crippen LogP contribution in [0.25, 0.3) is 0 Å². The van der Waals surface area contributed by atoms with Crippen molar-refractivity contribution in [2.24, 2.45) is 0 Å². The number of anilines is 1. The van der Waals surface area contributed by atoms with Crippen LogP contribution in [0, 0.1) is 0 Å². The van der Waals surface area contributed by atoms with E-state index >= 15 is 0 Å². The first-order valence-electron chi connectivity index (χ1n) is 13.2. The third kappa shape index (κ3) is 7.69. The Labute approximate surface area is 241 Å². The fourth-order valence-corrected chi connectivity index (χ4v) is 5.57. The Morgan fingerprint density at radius 2 is 1.51 bits per heavy atom. The summed E-state index contributed by atoms with van der Waals surface area (Å²) in [5.41, 5.74) is 0.863. The van der Waals surface area contributed by atoms with Crippen LogP contribution in [-0.4, -0.2) is 65.6 Å². The summed E-state index contributed by atoms with van der Waals surface area (Å²) in [5.74, 6) is 0.331. The van der Waals surface area contributed by atoms with Crippen LogP contribution in [0.4, 0.5) is 5.69 Å². The maximum atomic E-state index is 14.0. The second-order valence-corrected chi connectivity index (χ2v) is 11.1. The van der Waals surface area contributed by atoms with Crippen LogP contribution in [0.3, 0.4) is 0 Å². The Balaban J connectivity index is 2.08. The summed E-state index contributed by atoms with van der Waals surface area (Å²) in [6.45, 7) is 3.47. The van der Waals surface area contributed by atoms with Crippen molar-refractivity contribution in [3.63, 3.8) is 0 Å². The van der Waals surface area contributed by atoms with Gasteiger partial charge in [-0.15, -0.1) is 0 Å². The molecule has 3 aromatic carbocycles. The second kappa shape index (κ2) is 14.4. The molecule has 0 radical (unpaired) electrons. The zero-order chi connectivity index (χ0) is 30.0. The molecule has 10 nitrogen and oxygen atoms in total. The van der Waals surface area contributed by atoms with Gasteiger partial charge < -0.3 is 24.4 Å². The SMILES string of the molecule is CCCNC(=O)[C@H](C)N(Cc1ccc(OC)cc1)C(=O)CN(c1cc(OC)ccc1OC)S(=O)(=O)c1ccccc1. The molecule has 0 aliphatic rings. The molecule has 0 aromatic heterocycles. The lowest BCUT2D eigenvalue weighted by atomic mass is 10.1. The zero-order valence-electron chi connectivity index (χ0n) is 24.0. The molecule has 3 rings (SSSR count). The fourth-order valence-electron chi connectivity index (χ4n) is 4.13. The van der Waals surface area contributed by atoms with Gasteiger partial charge in [-0.2, -0.15) is 0 Å². The highest BCUT2D eigenvalue weighted by Gasteiger charge is 2.34. The number of hydrogen-bond donors (Lipinski definition) is 1. The molecule has 0 unspecified atom stereocenters. The largest absolute Gasteiger partial charge is 0.497 e. The van der Waals surface area contributed by atoms with Crippen LogP contribution in [0.5, 0.6) is 17.2 Å². The number of ether oxygens (including phenoxy) is 3. The highest BCUT2D eigenvalue weighted by molar-refractivity contribution is 7.92. The van der Waals surface area contributed by atoms with Crippen LogP contribution in [0.15, 0.2) is 77.7 Å². The van der Waals surface area contributed by atoms with Crippen molar-refractivity contribution < 1.29 is 32.2 Å². The molecule has 2 amide bonds. The minimum Gasteiger partial charge on any atom is -0.497 e. The Kier molecular flexibility index (Phi) is 11.0. The van der Waals surface area contributed by atoms with E-state index in [9.17, 15) is 18.0 Å². The first-order valence-corrected chi connectivity index (χ1v) is 14.6. The maximum absolute atomic E-state index is 14.0. The van der Waals surface area contributed by atoms with Crippen LogP contribution in [-0.2, 0) is 26.2 Å². The van der Waals surface area contributed by atoms with E-state index < -0.39 is 28.5 Å². The Morgan fingerprint density at radius 3 is 2.10 bits per heavy atom. The highest BCUT2D eigenvalue weighted by Crippen LogP contribution is 2.36. The molecule has 0 heterocycles. The smallest absolute Gasteiger partial charge is 0.264 e. The molecule has 0 saturated heterocycles. The van der Waals surface area contributed by atoms with Gasteiger partial charge in [-0.1, -0.05) is 37.3 Å². The van der Waals surface area contributed by atoms with Gasteiger partial charge in [0.25, 0.3) is 10.0 Å². The van der Waals surface area contributed by atoms with Crippen molar-refractivity contribution in [2.45, 2.75) is 37.8 Å². The van der Waals surface area contributed by atoms with E-state index in [1.54, 1.807) is 68.6 Å². The van der Waals surface area contributed by atoms with Crippen LogP contribution in [0.1, 0.15) is 25.8 Å². The summed E-state index contributed by atoms with van der Waals surface area (Å²) < 4.78 is 45.0. The maximum Gasteiger partial charge on any atom is 0.264 e. The van der Waals surface area contributed by atoms with Crippen molar-refractivity contribution >= 4 is 27.5 Å². The number of methoxy groups -OCH3 is 3. The molecule has 220 valence electrons. The number of benzene rings is 3. The molecule has 0 aliphatic carbocycles. The lowest BCUT2D eigenvalue weighted by Crippen LogP contribution is -2.51. The molecule has 0 fully saturated rings. The molecule has 0 saturated carbocycles. The van der Waals surface area contributed by atoms with Gasteiger partial charge in [0, 0.05) is 19.2 Å².